The van der Waals surface area contributed by atoms with E-state index in [1.807, 2.05) is 13.0 Å². The fraction of sp³-hybridized carbons (Fsp3) is 0.385. The van der Waals surface area contributed by atoms with Crippen LogP contribution in [0.25, 0.3) is 0 Å². The Labute approximate surface area is 95.5 Å². The van der Waals surface area contributed by atoms with Crippen LogP contribution in [0.1, 0.15) is 29.5 Å². The SMILES string of the molecule is Cc1cc(C#N)cc(C#N)c1N1CCCC1. The zero-order valence-corrected chi connectivity index (χ0v) is 9.32. The van der Waals surface area contributed by atoms with Crippen LogP contribution in [0.15, 0.2) is 12.1 Å². The van der Waals surface area contributed by atoms with Crippen molar-refractivity contribution in [3.05, 3.63) is 28.8 Å². The lowest BCUT2D eigenvalue weighted by atomic mass is 10.0. The molecule has 3 nitrogen and oxygen atoms in total. The summed E-state index contributed by atoms with van der Waals surface area (Å²) < 4.78 is 0. The minimum absolute atomic E-state index is 0.567. The summed E-state index contributed by atoms with van der Waals surface area (Å²) in [5, 5.41) is 18.0. The number of aryl methyl sites for hydroxylation is 1. The predicted octanol–water partition coefficient (Wildman–Crippen LogP) is 2.34. The summed E-state index contributed by atoms with van der Waals surface area (Å²) in [5.74, 6) is 0. The van der Waals surface area contributed by atoms with E-state index >= 15 is 0 Å². The summed E-state index contributed by atoms with van der Waals surface area (Å²) in [7, 11) is 0. The number of nitriles is 2. The van der Waals surface area contributed by atoms with Crippen LogP contribution < -0.4 is 4.90 Å². The van der Waals surface area contributed by atoms with Crippen molar-refractivity contribution in [1.82, 2.24) is 0 Å². The van der Waals surface area contributed by atoms with Crippen molar-refractivity contribution in [3.8, 4) is 12.1 Å². The minimum atomic E-state index is 0.567. The highest BCUT2D eigenvalue weighted by Crippen LogP contribution is 2.29. The smallest absolute Gasteiger partial charge is 0.101 e. The molecule has 1 saturated heterocycles. The van der Waals surface area contributed by atoms with Crippen molar-refractivity contribution >= 4 is 5.69 Å². The number of rotatable bonds is 1. The maximum Gasteiger partial charge on any atom is 0.101 e. The Bertz CT molecular complexity index is 485. The van der Waals surface area contributed by atoms with Gasteiger partial charge in [-0.15, -0.1) is 0 Å². The summed E-state index contributed by atoms with van der Waals surface area (Å²) >= 11 is 0. The van der Waals surface area contributed by atoms with Gasteiger partial charge >= 0.3 is 0 Å². The molecule has 16 heavy (non-hydrogen) atoms. The Kier molecular flexibility index (Phi) is 2.79. The molecule has 80 valence electrons. The molecule has 0 spiro atoms. The predicted molar refractivity (Wildman–Crippen MR) is 62.1 cm³/mol. The lowest BCUT2D eigenvalue weighted by Crippen LogP contribution is -2.20. The van der Waals surface area contributed by atoms with Gasteiger partial charge in [-0.05, 0) is 37.5 Å². The lowest BCUT2D eigenvalue weighted by molar-refractivity contribution is 0.949. The molecule has 3 heteroatoms. The summed E-state index contributed by atoms with van der Waals surface area (Å²) in [6, 6.07) is 7.82. The molecule has 0 unspecified atom stereocenters. The highest BCUT2D eigenvalue weighted by atomic mass is 15.1. The Morgan fingerprint density at radius 2 is 1.81 bits per heavy atom. The zero-order chi connectivity index (χ0) is 11.5. The Balaban J connectivity index is 2.52. The molecule has 0 bridgehead atoms. The van der Waals surface area contributed by atoms with Gasteiger partial charge in [0.25, 0.3) is 0 Å². The van der Waals surface area contributed by atoms with Crippen LogP contribution in [0, 0.1) is 29.6 Å². The van der Waals surface area contributed by atoms with Gasteiger partial charge in [0.2, 0.25) is 0 Å². The van der Waals surface area contributed by atoms with Gasteiger partial charge in [0.15, 0.2) is 0 Å². The number of nitrogens with zero attached hydrogens (tertiary/aromatic N) is 3. The first-order chi connectivity index (χ1) is 7.76. The third kappa shape index (κ3) is 1.73. The minimum Gasteiger partial charge on any atom is -0.370 e. The van der Waals surface area contributed by atoms with Crippen molar-refractivity contribution < 1.29 is 0 Å². The van der Waals surface area contributed by atoms with Crippen molar-refractivity contribution in [2.75, 3.05) is 18.0 Å². The molecular formula is C13H13N3. The molecule has 0 aliphatic carbocycles. The first-order valence-corrected chi connectivity index (χ1v) is 5.46. The summed E-state index contributed by atoms with van der Waals surface area (Å²) in [6.07, 6.45) is 2.37. The van der Waals surface area contributed by atoms with Crippen molar-refractivity contribution in [3.63, 3.8) is 0 Å². The second-order valence-corrected chi connectivity index (χ2v) is 4.11. The molecule has 0 amide bonds. The molecule has 0 aromatic heterocycles. The van der Waals surface area contributed by atoms with Crippen LogP contribution in [0.5, 0.6) is 0 Å². The average Bonchev–Trinajstić information content (AvgIpc) is 2.81. The quantitative estimate of drug-likeness (QED) is 0.716. The van der Waals surface area contributed by atoms with E-state index in [0.717, 1.165) is 24.3 Å². The first kappa shape index (κ1) is 10.5. The van der Waals surface area contributed by atoms with Gasteiger partial charge in [-0.1, -0.05) is 0 Å². The van der Waals surface area contributed by atoms with Gasteiger partial charge in [0, 0.05) is 13.1 Å². The molecule has 1 aromatic rings. The van der Waals surface area contributed by atoms with Crippen LogP contribution in [0.4, 0.5) is 5.69 Å². The van der Waals surface area contributed by atoms with E-state index in [-0.39, 0.29) is 0 Å². The summed E-state index contributed by atoms with van der Waals surface area (Å²) in [6.45, 7) is 4.00. The lowest BCUT2D eigenvalue weighted by Gasteiger charge is -2.21. The highest BCUT2D eigenvalue weighted by molar-refractivity contribution is 5.66. The normalized spacial score (nSPS) is 14.6. The molecule has 2 rings (SSSR count). The first-order valence-electron chi connectivity index (χ1n) is 5.46. The standard InChI is InChI=1S/C13H13N3/c1-10-6-11(8-14)7-12(9-15)13(10)16-4-2-3-5-16/h6-7H,2-5H2,1H3. The van der Waals surface area contributed by atoms with E-state index in [4.69, 9.17) is 10.5 Å². The fourth-order valence-corrected chi connectivity index (χ4v) is 2.29. The van der Waals surface area contributed by atoms with E-state index in [2.05, 4.69) is 17.0 Å². The Hall–Kier alpha value is -2.00. The van der Waals surface area contributed by atoms with Crippen LogP contribution in [0.2, 0.25) is 0 Å². The second-order valence-electron chi connectivity index (χ2n) is 4.11. The largest absolute Gasteiger partial charge is 0.370 e. The number of benzene rings is 1. The third-order valence-electron chi connectivity index (χ3n) is 2.97. The molecular weight excluding hydrogens is 198 g/mol. The van der Waals surface area contributed by atoms with Gasteiger partial charge in [0.1, 0.15) is 6.07 Å². The Morgan fingerprint density at radius 3 is 2.38 bits per heavy atom. The van der Waals surface area contributed by atoms with Gasteiger partial charge in [0.05, 0.1) is 22.9 Å². The molecule has 0 atom stereocenters. The van der Waals surface area contributed by atoms with Crippen molar-refractivity contribution in [1.29, 1.82) is 10.5 Å². The molecule has 1 fully saturated rings. The van der Waals surface area contributed by atoms with Gasteiger partial charge in [-0.2, -0.15) is 10.5 Å². The monoisotopic (exact) mass is 211 g/mol. The average molecular weight is 211 g/mol. The summed E-state index contributed by atoms with van der Waals surface area (Å²) in [5.41, 5.74) is 3.23. The van der Waals surface area contributed by atoms with Crippen molar-refractivity contribution in [2.24, 2.45) is 0 Å². The van der Waals surface area contributed by atoms with Gasteiger partial charge < -0.3 is 4.90 Å². The van der Waals surface area contributed by atoms with Crippen LogP contribution >= 0.6 is 0 Å². The maximum absolute atomic E-state index is 9.14. The molecule has 1 heterocycles. The second kappa shape index (κ2) is 4.24. The molecule has 1 aromatic carbocycles. The third-order valence-corrected chi connectivity index (χ3v) is 2.97. The maximum atomic E-state index is 9.14. The van der Waals surface area contributed by atoms with Crippen LogP contribution in [-0.4, -0.2) is 13.1 Å². The van der Waals surface area contributed by atoms with E-state index in [0.29, 0.717) is 11.1 Å². The van der Waals surface area contributed by atoms with Crippen LogP contribution in [0.3, 0.4) is 0 Å². The molecule has 1 aliphatic heterocycles. The van der Waals surface area contributed by atoms with E-state index < -0.39 is 0 Å². The Morgan fingerprint density at radius 1 is 1.12 bits per heavy atom. The van der Waals surface area contributed by atoms with E-state index in [1.54, 1.807) is 6.07 Å². The molecule has 0 radical (unpaired) electrons. The number of hydrogen-bond donors (Lipinski definition) is 0. The van der Waals surface area contributed by atoms with E-state index in [9.17, 15) is 0 Å². The van der Waals surface area contributed by atoms with Crippen LogP contribution in [-0.2, 0) is 0 Å². The zero-order valence-electron chi connectivity index (χ0n) is 9.32. The van der Waals surface area contributed by atoms with Gasteiger partial charge in [-0.3, -0.25) is 0 Å². The highest BCUT2D eigenvalue weighted by Gasteiger charge is 2.18. The topological polar surface area (TPSA) is 50.8 Å². The van der Waals surface area contributed by atoms with E-state index in [1.165, 1.54) is 12.8 Å². The molecule has 0 saturated carbocycles. The molecule has 1 aliphatic rings. The number of anilines is 1. The number of hydrogen-bond acceptors (Lipinski definition) is 3. The molecule has 0 N–H and O–H groups in total. The van der Waals surface area contributed by atoms with Gasteiger partial charge in [-0.25, -0.2) is 0 Å². The fourth-order valence-electron chi connectivity index (χ4n) is 2.29. The van der Waals surface area contributed by atoms with Crippen molar-refractivity contribution in [2.45, 2.75) is 19.8 Å². The summed E-state index contributed by atoms with van der Waals surface area (Å²) in [4.78, 5) is 2.25.